The van der Waals surface area contributed by atoms with Crippen LogP contribution in [0.5, 0.6) is 11.5 Å². The van der Waals surface area contributed by atoms with Crippen molar-refractivity contribution in [2.75, 3.05) is 48.3 Å². The number of aromatic hydroxyl groups is 1. The zero-order valence-electron chi connectivity index (χ0n) is 25.9. The van der Waals surface area contributed by atoms with Crippen molar-refractivity contribution in [2.45, 2.75) is 50.4 Å². The molecule has 0 atom stereocenters. The highest BCUT2D eigenvalue weighted by atomic mass is 16.6. The van der Waals surface area contributed by atoms with E-state index in [2.05, 4.69) is 38.2 Å². The minimum absolute atomic E-state index is 0.00686. The molecule has 10 nitrogen and oxygen atoms in total. The second-order valence-electron chi connectivity index (χ2n) is 12.5. The molecule has 10 heteroatoms. The largest absolute Gasteiger partial charge is 0.507 e. The fourth-order valence-corrected chi connectivity index (χ4v) is 6.95. The molecule has 2 saturated heterocycles. The van der Waals surface area contributed by atoms with E-state index in [0.29, 0.717) is 30.2 Å². The Bertz CT molecular complexity index is 1670. The summed E-state index contributed by atoms with van der Waals surface area (Å²) in [4.78, 5) is 19.2. The van der Waals surface area contributed by atoms with E-state index in [1.165, 1.54) is 6.42 Å². The predicted molar refractivity (Wildman–Crippen MR) is 178 cm³/mol. The van der Waals surface area contributed by atoms with Crippen LogP contribution in [0.1, 0.15) is 37.7 Å². The number of likely N-dealkylation sites (tertiary alicyclic amines) is 1. The van der Waals surface area contributed by atoms with Gasteiger partial charge in [-0.1, -0.05) is 48.5 Å². The van der Waals surface area contributed by atoms with Crippen LogP contribution in [0.15, 0.2) is 84.9 Å². The number of aromatic nitrogens is 2. The van der Waals surface area contributed by atoms with Gasteiger partial charge in [0.05, 0.1) is 16.9 Å². The van der Waals surface area contributed by atoms with Gasteiger partial charge < -0.3 is 35.0 Å². The molecule has 7 rings (SSSR count). The van der Waals surface area contributed by atoms with E-state index in [1.54, 1.807) is 17.0 Å². The van der Waals surface area contributed by atoms with Gasteiger partial charge in [-0.15, -0.1) is 10.2 Å². The number of benzene rings is 3. The Hall–Kier alpha value is -4.99. The molecule has 46 heavy (non-hydrogen) atoms. The molecule has 3 heterocycles. The molecule has 0 unspecified atom stereocenters. The van der Waals surface area contributed by atoms with E-state index in [4.69, 9.17) is 15.2 Å². The Morgan fingerprint density at radius 1 is 0.913 bits per heavy atom. The van der Waals surface area contributed by atoms with Gasteiger partial charge in [0.15, 0.2) is 5.82 Å². The fraction of sp³-hybridized carbons (Fsp3) is 0.361. The smallest absolute Gasteiger partial charge is 0.410 e. The number of anilines is 3. The van der Waals surface area contributed by atoms with Gasteiger partial charge in [0.1, 0.15) is 24.2 Å². The highest BCUT2D eigenvalue weighted by molar-refractivity contribution is 5.74. The number of hydrogen-bond acceptors (Lipinski definition) is 9. The lowest BCUT2D eigenvalue weighted by molar-refractivity contribution is 0.0638. The molecule has 2 aliphatic heterocycles. The molecule has 3 aromatic carbocycles. The second kappa shape index (κ2) is 12.8. The first-order chi connectivity index (χ1) is 22.5. The number of phenols is 1. The number of piperidine rings is 1. The second-order valence-corrected chi connectivity index (χ2v) is 12.5. The summed E-state index contributed by atoms with van der Waals surface area (Å²) in [5.74, 6) is 1.42. The number of nitrogens with two attached hydrogens (primary N) is 1. The molecule has 3 aliphatic rings. The van der Waals surface area contributed by atoms with E-state index in [9.17, 15) is 9.90 Å². The van der Waals surface area contributed by atoms with Crippen LogP contribution in [0, 0.1) is 0 Å². The summed E-state index contributed by atoms with van der Waals surface area (Å²) in [6.45, 7) is 3.95. The van der Waals surface area contributed by atoms with Gasteiger partial charge in [-0.05, 0) is 55.2 Å². The van der Waals surface area contributed by atoms with Crippen molar-refractivity contribution in [3.63, 3.8) is 0 Å². The van der Waals surface area contributed by atoms with Gasteiger partial charge in [-0.25, -0.2) is 4.79 Å². The number of para-hydroxylation sites is 1. The number of nitrogens with zero attached hydrogens (tertiary/aromatic N) is 5. The van der Waals surface area contributed by atoms with Crippen molar-refractivity contribution in [2.24, 2.45) is 0 Å². The standard InChI is InChI=1S/C36H40N6O4/c37-34-32(23-31(38-39-34)30-12-4-5-13-33(30)43)41-20-21-42(36(25-41)16-7-17-36)27-10-6-11-29(22-27)46-28-14-18-40(19-15-28)35(44)45-24-26-8-2-1-3-9-26/h1-6,8-13,22-23,28,43H,7,14-21,24-25H2,(H2,37,39). The topological polar surface area (TPSA) is 117 Å². The molecule has 1 saturated carbocycles. The van der Waals surface area contributed by atoms with Crippen molar-refractivity contribution < 1.29 is 19.4 Å². The number of ether oxygens (including phenoxy) is 2. The average Bonchev–Trinajstić information content (AvgIpc) is 3.08. The van der Waals surface area contributed by atoms with E-state index in [-0.39, 0.29) is 30.1 Å². The fourth-order valence-electron chi connectivity index (χ4n) is 6.95. The number of carbonyl (C=O) groups excluding carboxylic acids is 1. The quantitative estimate of drug-likeness (QED) is 0.262. The summed E-state index contributed by atoms with van der Waals surface area (Å²) in [6, 6.07) is 27.3. The van der Waals surface area contributed by atoms with Crippen LogP contribution >= 0.6 is 0 Å². The maximum Gasteiger partial charge on any atom is 0.410 e. The summed E-state index contributed by atoms with van der Waals surface area (Å²) in [6.07, 6.45) is 4.67. The molecular formula is C36H40N6O4. The van der Waals surface area contributed by atoms with Crippen molar-refractivity contribution in [1.82, 2.24) is 15.1 Å². The maximum absolute atomic E-state index is 12.6. The van der Waals surface area contributed by atoms with Crippen LogP contribution in [0.25, 0.3) is 11.3 Å². The number of phenolic OH excluding ortho intramolecular Hbond substituents is 1. The van der Waals surface area contributed by atoms with Crippen LogP contribution in [0.3, 0.4) is 0 Å². The van der Waals surface area contributed by atoms with Crippen LogP contribution < -0.4 is 20.3 Å². The molecule has 1 spiro atoms. The van der Waals surface area contributed by atoms with Crippen molar-refractivity contribution >= 4 is 23.3 Å². The molecule has 0 bridgehead atoms. The predicted octanol–water partition coefficient (Wildman–Crippen LogP) is 5.86. The van der Waals surface area contributed by atoms with Crippen LogP contribution in [-0.2, 0) is 11.3 Å². The first-order valence-corrected chi connectivity index (χ1v) is 16.1. The van der Waals surface area contributed by atoms with Gasteiger partial charge >= 0.3 is 6.09 Å². The molecule has 1 amide bonds. The summed E-state index contributed by atoms with van der Waals surface area (Å²) in [5, 5.41) is 18.9. The normalized spacial score (nSPS) is 17.9. The third-order valence-corrected chi connectivity index (χ3v) is 9.59. The van der Waals surface area contributed by atoms with E-state index >= 15 is 0 Å². The van der Waals surface area contributed by atoms with Gasteiger partial charge in [0, 0.05) is 62.9 Å². The first kappa shape index (κ1) is 29.7. The summed E-state index contributed by atoms with van der Waals surface area (Å²) in [5.41, 5.74) is 10.6. The molecule has 3 N–H and O–H groups in total. The Kier molecular flexibility index (Phi) is 8.26. The molecule has 0 radical (unpaired) electrons. The third kappa shape index (κ3) is 6.11. The Balaban J connectivity index is 0.985. The van der Waals surface area contributed by atoms with Crippen molar-refractivity contribution in [3.05, 3.63) is 90.5 Å². The highest BCUT2D eigenvalue weighted by Gasteiger charge is 2.47. The van der Waals surface area contributed by atoms with Crippen LogP contribution in [0.2, 0.25) is 0 Å². The summed E-state index contributed by atoms with van der Waals surface area (Å²) in [7, 11) is 0. The molecule has 238 valence electrons. The number of carbonyl (C=O) groups is 1. The van der Waals surface area contributed by atoms with Gasteiger partial charge in [0.2, 0.25) is 0 Å². The lowest BCUT2D eigenvalue weighted by atomic mass is 9.73. The maximum atomic E-state index is 12.6. The minimum Gasteiger partial charge on any atom is -0.507 e. The number of nitrogen functional groups attached to an aromatic ring is 1. The highest BCUT2D eigenvalue weighted by Crippen LogP contribution is 2.45. The molecule has 3 fully saturated rings. The molecule has 1 aliphatic carbocycles. The minimum atomic E-state index is -0.270. The monoisotopic (exact) mass is 620 g/mol. The zero-order chi connectivity index (χ0) is 31.5. The molecule has 1 aromatic heterocycles. The average molecular weight is 621 g/mol. The Morgan fingerprint density at radius 3 is 2.46 bits per heavy atom. The summed E-state index contributed by atoms with van der Waals surface area (Å²) < 4.78 is 12.0. The van der Waals surface area contributed by atoms with E-state index in [1.807, 2.05) is 54.6 Å². The Labute approximate surface area is 269 Å². The van der Waals surface area contributed by atoms with Gasteiger partial charge in [0.25, 0.3) is 0 Å². The zero-order valence-corrected chi connectivity index (χ0v) is 25.9. The number of rotatable bonds is 7. The van der Waals surface area contributed by atoms with Gasteiger partial charge in [-0.3, -0.25) is 0 Å². The van der Waals surface area contributed by atoms with Crippen LogP contribution in [-0.4, -0.2) is 70.7 Å². The number of hydrogen-bond donors (Lipinski definition) is 2. The SMILES string of the molecule is Nc1nnc(-c2ccccc2O)cc1N1CCN(c2cccc(OC3CCN(C(=O)OCc4ccccc4)CC3)c2)C2(CCC2)C1. The van der Waals surface area contributed by atoms with Gasteiger partial charge in [-0.2, -0.15) is 0 Å². The third-order valence-electron chi connectivity index (χ3n) is 9.59. The van der Waals surface area contributed by atoms with E-state index in [0.717, 1.165) is 68.0 Å². The lowest BCUT2D eigenvalue weighted by Crippen LogP contribution is -2.66. The van der Waals surface area contributed by atoms with Crippen molar-refractivity contribution in [3.8, 4) is 22.8 Å². The Morgan fingerprint density at radius 2 is 1.70 bits per heavy atom. The lowest BCUT2D eigenvalue weighted by Gasteiger charge is -2.57. The first-order valence-electron chi connectivity index (χ1n) is 16.1. The summed E-state index contributed by atoms with van der Waals surface area (Å²) >= 11 is 0. The molecular weight excluding hydrogens is 580 g/mol. The van der Waals surface area contributed by atoms with E-state index < -0.39 is 0 Å². The number of piperazine rings is 1. The molecule has 4 aromatic rings. The van der Waals surface area contributed by atoms with Crippen LogP contribution in [0.4, 0.5) is 22.0 Å². The number of amides is 1. The van der Waals surface area contributed by atoms with Crippen molar-refractivity contribution in [1.29, 1.82) is 0 Å².